The second kappa shape index (κ2) is 5.03. The molecule has 0 radical (unpaired) electrons. The van der Waals surface area contributed by atoms with Gasteiger partial charge in [-0.1, -0.05) is 6.92 Å². The Balaban J connectivity index is 1.98. The van der Waals surface area contributed by atoms with E-state index in [2.05, 4.69) is 9.97 Å². The van der Waals surface area contributed by atoms with Crippen molar-refractivity contribution in [1.82, 2.24) is 19.4 Å². The molecule has 3 rings (SSSR count). The Hall–Kier alpha value is -2.24. The van der Waals surface area contributed by atoms with Crippen molar-refractivity contribution in [1.29, 1.82) is 0 Å². The maximum Gasteiger partial charge on any atom is 0.280 e. The van der Waals surface area contributed by atoms with E-state index in [1.54, 1.807) is 27.8 Å². The number of aromatic nitrogens is 3. The molecular formula is C14H16N4O2. The second-order valence-corrected chi connectivity index (χ2v) is 5.03. The van der Waals surface area contributed by atoms with Crippen LogP contribution in [0.3, 0.4) is 0 Å². The van der Waals surface area contributed by atoms with E-state index in [1.165, 1.54) is 6.33 Å². The first kappa shape index (κ1) is 12.8. The van der Waals surface area contributed by atoms with E-state index in [9.17, 15) is 9.59 Å². The average Bonchev–Trinajstić information content (AvgIpc) is 2.81. The minimum Gasteiger partial charge on any atom is -0.341 e. The van der Waals surface area contributed by atoms with Gasteiger partial charge in [0.05, 0.1) is 17.9 Å². The Bertz CT molecular complexity index is 710. The molecule has 20 heavy (non-hydrogen) atoms. The molecule has 2 aromatic heterocycles. The number of amides is 1. The van der Waals surface area contributed by atoms with Gasteiger partial charge in [0.15, 0.2) is 5.52 Å². The molecule has 6 nitrogen and oxygen atoms in total. The van der Waals surface area contributed by atoms with Crippen LogP contribution < -0.4 is 5.56 Å². The van der Waals surface area contributed by atoms with Gasteiger partial charge >= 0.3 is 0 Å². The van der Waals surface area contributed by atoms with Crippen molar-refractivity contribution in [2.24, 2.45) is 0 Å². The van der Waals surface area contributed by atoms with E-state index in [0.717, 1.165) is 13.0 Å². The van der Waals surface area contributed by atoms with Crippen LogP contribution in [0, 0.1) is 0 Å². The van der Waals surface area contributed by atoms with Crippen molar-refractivity contribution in [3.63, 3.8) is 0 Å². The fourth-order valence-corrected chi connectivity index (χ4v) is 2.65. The van der Waals surface area contributed by atoms with Gasteiger partial charge in [-0.05, 0) is 18.6 Å². The zero-order chi connectivity index (χ0) is 14.1. The third kappa shape index (κ3) is 2.07. The van der Waals surface area contributed by atoms with E-state index in [1.807, 2.05) is 6.92 Å². The van der Waals surface area contributed by atoms with Crippen LogP contribution in [0.15, 0.2) is 29.5 Å². The van der Waals surface area contributed by atoms with Crippen LogP contribution >= 0.6 is 0 Å². The molecule has 0 N–H and O–H groups in total. The molecule has 0 aliphatic carbocycles. The van der Waals surface area contributed by atoms with E-state index in [4.69, 9.17) is 0 Å². The fourth-order valence-electron chi connectivity index (χ4n) is 2.65. The lowest BCUT2D eigenvalue weighted by Crippen LogP contribution is -2.29. The molecular weight excluding hydrogens is 256 g/mol. The van der Waals surface area contributed by atoms with Crippen LogP contribution in [-0.2, 0) is 4.79 Å². The molecule has 1 amide bonds. The number of pyridine rings is 1. The van der Waals surface area contributed by atoms with Gasteiger partial charge in [-0.3, -0.25) is 14.2 Å². The number of rotatable bonds is 3. The second-order valence-electron chi connectivity index (χ2n) is 5.03. The van der Waals surface area contributed by atoms with Gasteiger partial charge in [-0.15, -0.1) is 0 Å². The van der Waals surface area contributed by atoms with Crippen molar-refractivity contribution in [2.75, 3.05) is 13.1 Å². The molecule has 3 heterocycles. The Labute approximate surface area is 116 Å². The summed E-state index contributed by atoms with van der Waals surface area (Å²) in [6.45, 7) is 3.35. The monoisotopic (exact) mass is 272 g/mol. The number of carbonyl (C=O) groups excluding carboxylic acids is 1. The van der Waals surface area contributed by atoms with E-state index < -0.39 is 0 Å². The standard InChI is InChI=1S/C14H16N4O2/c1-2-6-17-8-10(7-12(17)19)18-9-16-11-4-3-5-15-13(11)14(18)20/h3-5,9-10H,2,6-8H2,1H3/t10-/m0/s1. The van der Waals surface area contributed by atoms with Gasteiger partial charge in [0, 0.05) is 25.7 Å². The summed E-state index contributed by atoms with van der Waals surface area (Å²) in [4.78, 5) is 34.5. The molecule has 0 unspecified atom stereocenters. The SMILES string of the molecule is CCCN1C[C@@H](n2cnc3cccnc3c2=O)CC1=O. The van der Waals surface area contributed by atoms with E-state index in [0.29, 0.717) is 24.0 Å². The molecule has 1 aliphatic heterocycles. The first-order valence-corrected chi connectivity index (χ1v) is 6.80. The lowest BCUT2D eigenvalue weighted by Gasteiger charge is -2.16. The quantitative estimate of drug-likeness (QED) is 0.835. The Morgan fingerprint density at radius 2 is 2.20 bits per heavy atom. The number of hydrogen-bond acceptors (Lipinski definition) is 4. The maximum absolute atomic E-state index is 12.4. The molecule has 6 heteroatoms. The van der Waals surface area contributed by atoms with E-state index >= 15 is 0 Å². The summed E-state index contributed by atoms with van der Waals surface area (Å²) < 4.78 is 1.54. The van der Waals surface area contributed by atoms with Gasteiger partial charge < -0.3 is 4.90 Å². The molecule has 0 aromatic carbocycles. The first-order chi connectivity index (χ1) is 9.70. The van der Waals surface area contributed by atoms with E-state index in [-0.39, 0.29) is 17.5 Å². The highest BCUT2D eigenvalue weighted by atomic mass is 16.2. The highest BCUT2D eigenvalue weighted by Gasteiger charge is 2.31. The Kier molecular flexibility index (Phi) is 3.22. The number of fused-ring (bicyclic) bond motifs is 1. The molecule has 1 fully saturated rings. The number of nitrogens with zero attached hydrogens (tertiary/aromatic N) is 4. The van der Waals surface area contributed by atoms with Gasteiger partial charge in [0.1, 0.15) is 0 Å². The third-order valence-corrected chi connectivity index (χ3v) is 3.63. The molecule has 1 aliphatic rings. The lowest BCUT2D eigenvalue weighted by molar-refractivity contribution is -0.127. The van der Waals surface area contributed by atoms with Gasteiger partial charge in [0.25, 0.3) is 5.56 Å². The van der Waals surface area contributed by atoms with Crippen LogP contribution in [0.4, 0.5) is 0 Å². The Morgan fingerprint density at radius 3 is 3.00 bits per heavy atom. The predicted molar refractivity (Wildman–Crippen MR) is 74.3 cm³/mol. The van der Waals surface area contributed by atoms with Crippen molar-refractivity contribution >= 4 is 16.9 Å². The predicted octanol–water partition coefficient (Wildman–Crippen LogP) is 0.975. The summed E-state index contributed by atoms with van der Waals surface area (Å²) in [6, 6.07) is 3.37. The van der Waals surface area contributed by atoms with Crippen LogP contribution in [0.2, 0.25) is 0 Å². The lowest BCUT2D eigenvalue weighted by atomic mass is 10.2. The summed E-state index contributed by atoms with van der Waals surface area (Å²) in [5.74, 6) is 0.102. The molecule has 0 spiro atoms. The van der Waals surface area contributed by atoms with Crippen LogP contribution in [0.1, 0.15) is 25.8 Å². The van der Waals surface area contributed by atoms with Gasteiger partial charge in [-0.25, -0.2) is 9.97 Å². The van der Waals surface area contributed by atoms with Crippen molar-refractivity contribution in [2.45, 2.75) is 25.8 Å². The van der Waals surface area contributed by atoms with Gasteiger partial charge in [-0.2, -0.15) is 0 Å². The summed E-state index contributed by atoms with van der Waals surface area (Å²) >= 11 is 0. The molecule has 0 saturated carbocycles. The largest absolute Gasteiger partial charge is 0.341 e. The smallest absolute Gasteiger partial charge is 0.280 e. The zero-order valence-corrected chi connectivity index (χ0v) is 11.3. The highest BCUT2D eigenvalue weighted by Crippen LogP contribution is 2.21. The topological polar surface area (TPSA) is 68.1 Å². The number of likely N-dealkylation sites (tertiary alicyclic amines) is 1. The van der Waals surface area contributed by atoms with Crippen LogP contribution in [0.5, 0.6) is 0 Å². The molecule has 1 saturated heterocycles. The van der Waals surface area contributed by atoms with Crippen molar-refractivity contribution < 1.29 is 4.79 Å². The molecule has 0 bridgehead atoms. The molecule has 1 atom stereocenters. The minimum atomic E-state index is -0.174. The van der Waals surface area contributed by atoms with Crippen LogP contribution in [0.25, 0.3) is 11.0 Å². The zero-order valence-electron chi connectivity index (χ0n) is 11.3. The molecule has 104 valence electrons. The highest BCUT2D eigenvalue weighted by molar-refractivity contribution is 5.79. The average molecular weight is 272 g/mol. The van der Waals surface area contributed by atoms with Crippen LogP contribution in [-0.4, -0.2) is 38.4 Å². The minimum absolute atomic E-state index is 0.102. The summed E-state index contributed by atoms with van der Waals surface area (Å²) in [5.41, 5.74) is 0.770. The normalized spacial score (nSPS) is 18.9. The Morgan fingerprint density at radius 1 is 1.35 bits per heavy atom. The van der Waals surface area contributed by atoms with Gasteiger partial charge in [0.2, 0.25) is 5.91 Å². The summed E-state index contributed by atoms with van der Waals surface area (Å²) in [7, 11) is 0. The first-order valence-electron chi connectivity index (χ1n) is 6.80. The molecule has 2 aromatic rings. The summed E-state index contributed by atoms with van der Waals surface area (Å²) in [5, 5.41) is 0. The third-order valence-electron chi connectivity index (χ3n) is 3.63. The number of carbonyl (C=O) groups is 1. The summed E-state index contributed by atoms with van der Waals surface area (Å²) in [6.07, 6.45) is 4.39. The van der Waals surface area contributed by atoms with Crippen molar-refractivity contribution in [3.8, 4) is 0 Å². The maximum atomic E-state index is 12.4. The van der Waals surface area contributed by atoms with Crippen molar-refractivity contribution in [3.05, 3.63) is 35.0 Å². The number of hydrogen-bond donors (Lipinski definition) is 0. The fraction of sp³-hybridized carbons (Fsp3) is 0.429.